The van der Waals surface area contributed by atoms with E-state index in [0.29, 0.717) is 5.19 Å². The molecule has 1 aromatic carbocycles. The predicted molar refractivity (Wildman–Crippen MR) is 59.9 cm³/mol. The van der Waals surface area contributed by atoms with Gasteiger partial charge in [0.25, 0.3) is 5.19 Å². The maximum Gasteiger partial charge on any atom is 0.278 e. The molecule has 0 radical (unpaired) electrons. The van der Waals surface area contributed by atoms with Crippen LogP contribution in [-0.2, 0) is 0 Å². The molecule has 78 valence electrons. The average Bonchev–Trinajstić information content (AvgIpc) is 2.64. The van der Waals surface area contributed by atoms with E-state index >= 15 is 0 Å². The van der Waals surface area contributed by atoms with Crippen LogP contribution in [0.5, 0.6) is 16.7 Å². The number of hydrogen-bond donors (Lipinski definition) is 0. The van der Waals surface area contributed by atoms with Crippen LogP contribution in [0.4, 0.5) is 0 Å². The fraction of sp³-hybridized carbons (Fsp3) is 0.182. The molecule has 0 saturated carbocycles. The van der Waals surface area contributed by atoms with Crippen molar-refractivity contribution in [3.8, 4) is 16.7 Å². The Kier molecular flexibility index (Phi) is 2.87. The van der Waals surface area contributed by atoms with E-state index in [1.165, 1.54) is 11.3 Å². The van der Waals surface area contributed by atoms with Crippen LogP contribution in [-0.4, -0.2) is 12.1 Å². The third-order valence-corrected chi connectivity index (χ3v) is 2.64. The van der Waals surface area contributed by atoms with E-state index in [1.807, 2.05) is 31.2 Å². The Hall–Kier alpha value is -1.55. The SMILES string of the molecule is COc1cccc(Oc2ncc(C)s2)c1. The zero-order valence-corrected chi connectivity index (χ0v) is 9.38. The van der Waals surface area contributed by atoms with Gasteiger partial charge in [0.15, 0.2) is 0 Å². The van der Waals surface area contributed by atoms with E-state index in [-0.39, 0.29) is 0 Å². The van der Waals surface area contributed by atoms with Crippen LogP contribution in [0.15, 0.2) is 30.5 Å². The second-order valence-electron chi connectivity index (χ2n) is 3.02. The highest BCUT2D eigenvalue weighted by atomic mass is 32.1. The van der Waals surface area contributed by atoms with E-state index in [2.05, 4.69) is 4.98 Å². The van der Waals surface area contributed by atoms with Crippen molar-refractivity contribution in [3.63, 3.8) is 0 Å². The molecular formula is C11H11NO2S. The fourth-order valence-corrected chi connectivity index (χ4v) is 1.77. The number of aryl methyl sites for hydroxylation is 1. The molecule has 1 aromatic heterocycles. The smallest absolute Gasteiger partial charge is 0.278 e. The number of methoxy groups -OCH3 is 1. The zero-order valence-electron chi connectivity index (χ0n) is 8.56. The summed E-state index contributed by atoms with van der Waals surface area (Å²) in [6.45, 7) is 2.00. The molecule has 0 fully saturated rings. The van der Waals surface area contributed by atoms with Gasteiger partial charge in [0, 0.05) is 17.1 Å². The van der Waals surface area contributed by atoms with Gasteiger partial charge < -0.3 is 9.47 Å². The summed E-state index contributed by atoms with van der Waals surface area (Å²) in [5, 5.41) is 0.653. The number of nitrogens with zero attached hydrogens (tertiary/aromatic N) is 1. The van der Waals surface area contributed by atoms with Crippen LogP contribution in [0, 0.1) is 6.92 Å². The van der Waals surface area contributed by atoms with Crippen LogP contribution >= 0.6 is 11.3 Å². The number of benzene rings is 1. The first-order chi connectivity index (χ1) is 7.28. The number of thiazole rings is 1. The first kappa shape index (κ1) is 9.98. The van der Waals surface area contributed by atoms with Crippen LogP contribution < -0.4 is 9.47 Å². The number of ether oxygens (including phenoxy) is 2. The predicted octanol–water partition coefficient (Wildman–Crippen LogP) is 3.25. The number of rotatable bonds is 3. The Balaban J connectivity index is 2.16. The minimum Gasteiger partial charge on any atom is -0.497 e. The molecule has 4 heteroatoms. The minimum absolute atomic E-state index is 0.653. The molecule has 1 heterocycles. The van der Waals surface area contributed by atoms with Crippen molar-refractivity contribution < 1.29 is 9.47 Å². The highest BCUT2D eigenvalue weighted by Crippen LogP contribution is 2.27. The highest BCUT2D eigenvalue weighted by molar-refractivity contribution is 7.13. The monoisotopic (exact) mass is 221 g/mol. The summed E-state index contributed by atoms with van der Waals surface area (Å²) in [5.41, 5.74) is 0. The van der Waals surface area contributed by atoms with Crippen LogP contribution in [0.2, 0.25) is 0 Å². The normalized spacial score (nSPS) is 10.0. The van der Waals surface area contributed by atoms with Gasteiger partial charge in [-0.15, -0.1) is 0 Å². The summed E-state index contributed by atoms with van der Waals surface area (Å²) in [6, 6.07) is 7.46. The Bertz CT molecular complexity index is 453. The van der Waals surface area contributed by atoms with Gasteiger partial charge in [0.05, 0.1) is 7.11 Å². The lowest BCUT2D eigenvalue weighted by Crippen LogP contribution is -1.85. The van der Waals surface area contributed by atoms with Crippen molar-refractivity contribution in [2.75, 3.05) is 7.11 Å². The number of hydrogen-bond acceptors (Lipinski definition) is 4. The molecule has 0 spiro atoms. The third-order valence-electron chi connectivity index (χ3n) is 1.85. The van der Waals surface area contributed by atoms with Crippen molar-refractivity contribution in [1.29, 1.82) is 0 Å². The summed E-state index contributed by atoms with van der Waals surface area (Å²) in [7, 11) is 1.63. The van der Waals surface area contributed by atoms with E-state index in [1.54, 1.807) is 13.3 Å². The molecule has 15 heavy (non-hydrogen) atoms. The molecular weight excluding hydrogens is 210 g/mol. The van der Waals surface area contributed by atoms with Crippen molar-refractivity contribution in [2.45, 2.75) is 6.92 Å². The standard InChI is InChI=1S/C11H11NO2S/c1-8-7-12-11(15-8)14-10-5-3-4-9(6-10)13-2/h3-7H,1-2H3. The lowest BCUT2D eigenvalue weighted by Gasteiger charge is -2.03. The Morgan fingerprint density at radius 2 is 2.07 bits per heavy atom. The van der Waals surface area contributed by atoms with E-state index < -0.39 is 0 Å². The largest absolute Gasteiger partial charge is 0.497 e. The molecule has 0 bridgehead atoms. The van der Waals surface area contributed by atoms with Gasteiger partial charge in [-0.25, -0.2) is 4.98 Å². The van der Waals surface area contributed by atoms with Crippen molar-refractivity contribution in [1.82, 2.24) is 4.98 Å². The first-order valence-electron chi connectivity index (χ1n) is 4.52. The summed E-state index contributed by atoms with van der Waals surface area (Å²) in [5.74, 6) is 1.52. The third kappa shape index (κ3) is 2.47. The Labute approximate surface area is 92.3 Å². The average molecular weight is 221 g/mol. The summed E-state index contributed by atoms with van der Waals surface area (Å²) in [6.07, 6.45) is 1.79. The lowest BCUT2D eigenvalue weighted by atomic mass is 10.3. The molecule has 0 unspecified atom stereocenters. The Morgan fingerprint density at radius 1 is 1.27 bits per heavy atom. The molecule has 0 amide bonds. The summed E-state index contributed by atoms with van der Waals surface area (Å²) in [4.78, 5) is 5.25. The van der Waals surface area contributed by atoms with E-state index in [0.717, 1.165) is 16.4 Å². The van der Waals surface area contributed by atoms with Crippen LogP contribution in [0.1, 0.15) is 4.88 Å². The molecule has 0 aliphatic heterocycles. The second-order valence-corrected chi connectivity index (χ2v) is 4.22. The van der Waals surface area contributed by atoms with E-state index in [4.69, 9.17) is 9.47 Å². The molecule has 2 aromatic rings. The fourth-order valence-electron chi connectivity index (χ4n) is 1.15. The molecule has 0 aliphatic rings. The first-order valence-corrected chi connectivity index (χ1v) is 5.34. The van der Waals surface area contributed by atoms with Crippen molar-refractivity contribution in [2.24, 2.45) is 0 Å². The van der Waals surface area contributed by atoms with Gasteiger partial charge in [0.2, 0.25) is 0 Å². The van der Waals surface area contributed by atoms with Gasteiger partial charge in [0.1, 0.15) is 11.5 Å². The van der Waals surface area contributed by atoms with Gasteiger partial charge in [-0.05, 0) is 19.1 Å². The topological polar surface area (TPSA) is 31.4 Å². The molecule has 0 atom stereocenters. The maximum atomic E-state index is 5.57. The van der Waals surface area contributed by atoms with Gasteiger partial charge in [-0.2, -0.15) is 0 Å². The molecule has 2 rings (SSSR count). The minimum atomic E-state index is 0.653. The Morgan fingerprint density at radius 3 is 2.73 bits per heavy atom. The molecule has 3 nitrogen and oxygen atoms in total. The summed E-state index contributed by atoms with van der Waals surface area (Å²) < 4.78 is 10.7. The lowest BCUT2D eigenvalue weighted by molar-refractivity contribution is 0.409. The zero-order chi connectivity index (χ0) is 10.7. The van der Waals surface area contributed by atoms with Crippen molar-refractivity contribution >= 4 is 11.3 Å². The van der Waals surface area contributed by atoms with Gasteiger partial charge in [-0.1, -0.05) is 17.4 Å². The van der Waals surface area contributed by atoms with Gasteiger partial charge in [-0.3, -0.25) is 0 Å². The van der Waals surface area contributed by atoms with Crippen LogP contribution in [0.3, 0.4) is 0 Å². The number of aromatic nitrogens is 1. The molecule has 0 aliphatic carbocycles. The van der Waals surface area contributed by atoms with Crippen LogP contribution in [0.25, 0.3) is 0 Å². The van der Waals surface area contributed by atoms with E-state index in [9.17, 15) is 0 Å². The maximum absolute atomic E-state index is 5.57. The quantitative estimate of drug-likeness (QED) is 0.797. The highest BCUT2D eigenvalue weighted by Gasteiger charge is 2.02. The summed E-state index contributed by atoms with van der Waals surface area (Å²) >= 11 is 1.52. The van der Waals surface area contributed by atoms with Gasteiger partial charge >= 0.3 is 0 Å². The second kappa shape index (κ2) is 4.31. The van der Waals surface area contributed by atoms with Crippen molar-refractivity contribution in [3.05, 3.63) is 35.3 Å². The molecule has 0 N–H and O–H groups in total. The molecule has 0 saturated heterocycles.